The lowest BCUT2D eigenvalue weighted by Gasteiger charge is -2.35. The molecular formula is C12H18ClN3. The Labute approximate surface area is 102 Å². The summed E-state index contributed by atoms with van der Waals surface area (Å²) in [4.78, 5) is 11.0. The standard InChI is InChI=1S/C12H18ClN3/c1-9(2)16-7-3-4-10(8-16)11-12(13)15-6-5-14-11/h5-6,9-10H,3-4,7-8H2,1-2H3. The second-order valence-electron chi connectivity index (χ2n) is 4.66. The van der Waals surface area contributed by atoms with Gasteiger partial charge in [-0.2, -0.15) is 0 Å². The Hall–Kier alpha value is -0.670. The van der Waals surface area contributed by atoms with E-state index in [-0.39, 0.29) is 0 Å². The highest BCUT2D eigenvalue weighted by Crippen LogP contribution is 2.29. The summed E-state index contributed by atoms with van der Waals surface area (Å²) in [6, 6.07) is 0.596. The Kier molecular flexibility index (Phi) is 3.77. The minimum absolute atomic E-state index is 0.442. The number of nitrogens with zero attached hydrogens (tertiary/aromatic N) is 3. The molecule has 0 radical (unpaired) electrons. The third kappa shape index (κ3) is 2.53. The lowest BCUT2D eigenvalue weighted by molar-refractivity contribution is 0.166. The van der Waals surface area contributed by atoms with Crippen molar-refractivity contribution in [3.8, 4) is 0 Å². The van der Waals surface area contributed by atoms with Gasteiger partial charge in [-0.05, 0) is 33.2 Å². The first-order valence-corrected chi connectivity index (χ1v) is 6.26. The van der Waals surface area contributed by atoms with Crippen LogP contribution in [0.4, 0.5) is 0 Å². The van der Waals surface area contributed by atoms with Crippen LogP contribution in [0.2, 0.25) is 5.15 Å². The molecule has 16 heavy (non-hydrogen) atoms. The first-order valence-electron chi connectivity index (χ1n) is 5.89. The van der Waals surface area contributed by atoms with E-state index in [1.165, 1.54) is 19.4 Å². The minimum atomic E-state index is 0.442. The molecule has 0 aromatic carbocycles. The van der Waals surface area contributed by atoms with Crippen molar-refractivity contribution in [3.05, 3.63) is 23.2 Å². The number of likely N-dealkylation sites (tertiary alicyclic amines) is 1. The van der Waals surface area contributed by atoms with Gasteiger partial charge in [-0.1, -0.05) is 11.6 Å². The van der Waals surface area contributed by atoms with Gasteiger partial charge >= 0.3 is 0 Å². The fraction of sp³-hybridized carbons (Fsp3) is 0.667. The third-order valence-electron chi connectivity index (χ3n) is 3.25. The Bertz CT molecular complexity index is 354. The van der Waals surface area contributed by atoms with Crippen molar-refractivity contribution in [1.82, 2.24) is 14.9 Å². The van der Waals surface area contributed by atoms with Crippen molar-refractivity contribution < 1.29 is 0 Å². The first-order chi connectivity index (χ1) is 7.68. The van der Waals surface area contributed by atoms with E-state index in [0.717, 1.165) is 12.2 Å². The molecule has 1 saturated heterocycles. The minimum Gasteiger partial charge on any atom is -0.300 e. The van der Waals surface area contributed by atoms with E-state index < -0.39 is 0 Å². The lowest BCUT2D eigenvalue weighted by Crippen LogP contribution is -2.39. The summed E-state index contributed by atoms with van der Waals surface area (Å²) in [5.41, 5.74) is 0.967. The van der Waals surface area contributed by atoms with Crippen LogP contribution in [0.3, 0.4) is 0 Å². The Morgan fingerprint density at radius 1 is 1.38 bits per heavy atom. The monoisotopic (exact) mass is 239 g/mol. The van der Waals surface area contributed by atoms with Gasteiger partial charge in [0.2, 0.25) is 0 Å². The summed E-state index contributed by atoms with van der Waals surface area (Å²) >= 11 is 6.09. The molecule has 2 rings (SSSR count). The molecule has 0 spiro atoms. The molecule has 1 atom stereocenters. The van der Waals surface area contributed by atoms with E-state index in [4.69, 9.17) is 11.6 Å². The van der Waals surface area contributed by atoms with Crippen LogP contribution < -0.4 is 0 Å². The van der Waals surface area contributed by atoms with Crippen LogP contribution in [0.25, 0.3) is 0 Å². The SMILES string of the molecule is CC(C)N1CCCC(c2nccnc2Cl)C1. The predicted octanol–water partition coefficient (Wildman–Crippen LogP) is 2.72. The second kappa shape index (κ2) is 5.11. The van der Waals surface area contributed by atoms with Crippen molar-refractivity contribution in [2.24, 2.45) is 0 Å². The van der Waals surface area contributed by atoms with Gasteiger partial charge in [-0.25, -0.2) is 4.98 Å². The summed E-state index contributed by atoms with van der Waals surface area (Å²) in [6.45, 7) is 6.71. The van der Waals surface area contributed by atoms with Crippen LogP contribution in [0, 0.1) is 0 Å². The zero-order valence-corrected chi connectivity index (χ0v) is 10.6. The van der Waals surface area contributed by atoms with Gasteiger partial charge < -0.3 is 4.90 Å². The van der Waals surface area contributed by atoms with Crippen molar-refractivity contribution in [3.63, 3.8) is 0 Å². The van der Waals surface area contributed by atoms with Gasteiger partial charge in [0.25, 0.3) is 0 Å². The van der Waals surface area contributed by atoms with Crippen molar-refractivity contribution in [1.29, 1.82) is 0 Å². The molecule has 88 valence electrons. The summed E-state index contributed by atoms with van der Waals surface area (Å²) in [5.74, 6) is 0.442. The average molecular weight is 240 g/mol. The van der Waals surface area contributed by atoms with Crippen molar-refractivity contribution in [2.45, 2.75) is 38.6 Å². The van der Waals surface area contributed by atoms with Gasteiger partial charge in [0.15, 0.2) is 5.15 Å². The molecule has 0 aliphatic carbocycles. The third-order valence-corrected chi connectivity index (χ3v) is 3.54. The molecular weight excluding hydrogens is 222 g/mol. The number of rotatable bonds is 2. The molecule has 1 fully saturated rings. The fourth-order valence-electron chi connectivity index (χ4n) is 2.30. The lowest BCUT2D eigenvalue weighted by atomic mass is 9.94. The van der Waals surface area contributed by atoms with Gasteiger partial charge in [0.1, 0.15) is 0 Å². The topological polar surface area (TPSA) is 29.0 Å². The van der Waals surface area contributed by atoms with E-state index in [0.29, 0.717) is 17.1 Å². The van der Waals surface area contributed by atoms with Gasteiger partial charge in [-0.15, -0.1) is 0 Å². The van der Waals surface area contributed by atoms with Crippen LogP contribution >= 0.6 is 11.6 Å². The summed E-state index contributed by atoms with van der Waals surface area (Å²) in [6.07, 6.45) is 5.77. The van der Waals surface area contributed by atoms with Crippen LogP contribution in [0.15, 0.2) is 12.4 Å². The zero-order chi connectivity index (χ0) is 11.5. The van der Waals surface area contributed by atoms with E-state index >= 15 is 0 Å². The Morgan fingerprint density at radius 3 is 2.81 bits per heavy atom. The molecule has 0 N–H and O–H groups in total. The van der Waals surface area contributed by atoms with E-state index in [2.05, 4.69) is 28.7 Å². The molecule has 0 saturated carbocycles. The first kappa shape index (κ1) is 11.8. The number of hydrogen-bond acceptors (Lipinski definition) is 3. The zero-order valence-electron chi connectivity index (χ0n) is 9.86. The molecule has 0 amide bonds. The smallest absolute Gasteiger partial charge is 0.150 e. The maximum absolute atomic E-state index is 6.09. The number of halogens is 1. The van der Waals surface area contributed by atoms with Crippen LogP contribution in [-0.2, 0) is 0 Å². The van der Waals surface area contributed by atoms with E-state index in [9.17, 15) is 0 Å². The summed E-state index contributed by atoms with van der Waals surface area (Å²) < 4.78 is 0. The highest BCUT2D eigenvalue weighted by Gasteiger charge is 2.25. The molecule has 1 aliphatic rings. The normalized spacial score (nSPS) is 22.6. The molecule has 3 nitrogen and oxygen atoms in total. The van der Waals surface area contributed by atoms with E-state index in [1.807, 2.05) is 0 Å². The maximum Gasteiger partial charge on any atom is 0.150 e. The number of hydrogen-bond donors (Lipinski definition) is 0. The maximum atomic E-state index is 6.09. The van der Waals surface area contributed by atoms with Crippen LogP contribution in [0.5, 0.6) is 0 Å². The Morgan fingerprint density at radius 2 is 2.12 bits per heavy atom. The van der Waals surface area contributed by atoms with Gasteiger partial charge in [0.05, 0.1) is 5.69 Å². The van der Waals surface area contributed by atoms with Crippen LogP contribution in [-0.4, -0.2) is 34.0 Å². The summed E-state index contributed by atoms with van der Waals surface area (Å²) in [5, 5.41) is 0.568. The molecule has 0 bridgehead atoms. The average Bonchev–Trinajstić information content (AvgIpc) is 2.30. The highest BCUT2D eigenvalue weighted by atomic mass is 35.5. The van der Waals surface area contributed by atoms with Gasteiger partial charge in [0, 0.05) is 30.9 Å². The highest BCUT2D eigenvalue weighted by molar-refractivity contribution is 6.30. The molecule has 2 heterocycles. The molecule has 1 unspecified atom stereocenters. The molecule has 1 aliphatic heterocycles. The second-order valence-corrected chi connectivity index (χ2v) is 5.02. The number of piperidine rings is 1. The summed E-state index contributed by atoms with van der Waals surface area (Å²) in [7, 11) is 0. The van der Waals surface area contributed by atoms with E-state index in [1.54, 1.807) is 12.4 Å². The molecule has 1 aromatic rings. The largest absolute Gasteiger partial charge is 0.300 e. The predicted molar refractivity (Wildman–Crippen MR) is 65.7 cm³/mol. The van der Waals surface area contributed by atoms with Crippen LogP contribution in [0.1, 0.15) is 38.3 Å². The quantitative estimate of drug-likeness (QED) is 0.795. The number of aromatic nitrogens is 2. The fourth-order valence-corrected chi connectivity index (χ4v) is 2.56. The molecule has 4 heteroatoms. The Balaban J connectivity index is 2.13. The van der Waals surface area contributed by atoms with Gasteiger partial charge in [-0.3, -0.25) is 4.98 Å². The molecule has 1 aromatic heterocycles. The van der Waals surface area contributed by atoms with Crippen molar-refractivity contribution >= 4 is 11.6 Å². The van der Waals surface area contributed by atoms with Crippen molar-refractivity contribution in [2.75, 3.05) is 13.1 Å².